The van der Waals surface area contributed by atoms with Gasteiger partial charge in [-0.05, 0) is 31.0 Å². The van der Waals surface area contributed by atoms with Crippen molar-refractivity contribution in [3.63, 3.8) is 0 Å². The van der Waals surface area contributed by atoms with Gasteiger partial charge in [0.2, 0.25) is 0 Å². The summed E-state index contributed by atoms with van der Waals surface area (Å²) in [6, 6.07) is 18.7. The summed E-state index contributed by atoms with van der Waals surface area (Å²) >= 11 is 0. The van der Waals surface area contributed by atoms with Gasteiger partial charge in [0.1, 0.15) is 0 Å². The first-order valence-electron chi connectivity index (χ1n) is 8.19. The van der Waals surface area contributed by atoms with E-state index in [0.29, 0.717) is 12.6 Å². The minimum Gasteiger partial charge on any atom is -0.387 e. The van der Waals surface area contributed by atoms with E-state index in [0.717, 1.165) is 12.1 Å². The Balaban J connectivity index is 1.70. The average Bonchev–Trinajstić information content (AvgIpc) is 2.95. The van der Waals surface area contributed by atoms with Gasteiger partial charge in [-0.3, -0.25) is 0 Å². The van der Waals surface area contributed by atoms with Crippen molar-refractivity contribution in [1.29, 1.82) is 0 Å². The van der Waals surface area contributed by atoms with Crippen molar-refractivity contribution in [1.82, 2.24) is 9.88 Å². The number of para-hydroxylation sites is 1. The number of fused-ring (bicyclic) bond motifs is 1. The molecule has 0 aliphatic heterocycles. The van der Waals surface area contributed by atoms with E-state index >= 15 is 0 Å². The van der Waals surface area contributed by atoms with Gasteiger partial charge in [-0.15, -0.1) is 0 Å². The molecule has 3 heteroatoms. The smallest absolute Gasteiger partial charge is 0.0914 e. The van der Waals surface area contributed by atoms with Gasteiger partial charge in [0.25, 0.3) is 0 Å². The van der Waals surface area contributed by atoms with Crippen LogP contribution in [0.4, 0.5) is 0 Å². The lowest BCUT2D eigenvalue weighted by atomic mass is 10.1. The zero-order valence-corrected chi connectivity index (χ0v) is 13.7. The van der Waals surface area contributed by atoms with Crippen molar-refractivity contribution in [2.75, 3.05) is 6.54 Å². The minimum absolute atomic E-state index is 0.434. The average molecular weight is 308 g/mol. The van der Waals surface area contributed by atoms with E-state index in [-0.39, 0.29) is 0 Å². The lowest BCUT2D eigenvalue weighted by Crippen LogP contribution is -2.20. The maximum Gasteiger partial charge on any atom is 0.0914 e. The summed E-state index contributed by atoms with van der Waals surface area (Å²) in [4.78, 5) is 0. The third-order valence-corrected chi connectivity index (χ3v) is 4.22. The topological polar surface area (TPSA) is 37.2 Å². The Morgan fingerprint density at radius 2 is 1.70 bits per heavy atom. The number of nitrogens with zero attached hydrogens (tertiary/aromatic N) is 1. The summed E-state index contributed by atoms with van der Waals surface area (Å²) in [6.45, 7) is 5.70. The van der Waals surface area contributed by atoms with Crippen LogP contribution in [0.1, 0.15) is 37.1 Å². The molecule has 0 saturated carbocycles. The number of hydrogen-bond acceptors (Lipinski definition) is 2. The van der Waals surface area contributed by atoms with E-state index in [2.05, 4.69) is 54.2 Å². The SMILES string of the molecule is CC(C)n1cc(CNC[C@@H](O)c2ccccc2)c2ccccc21. The summed E-state index contributed by atoms with van der Waals surface area (Å²) < 4.78 is 2.31. The Morgan fingerprint density at radius 1 is 1.00 bits per heavy atom. The highest BCUT2D eigenvalue weighted by molar-refractivity contribution is 5.84. The molecule has 0 saturated heterocycles. The van der Waals surface area contributed by atoms with Crippen LogP contribution in [-0.2, 0) is 6.54 Å². The van der Waals surface area contributed by atoms with Crippen LogP contribution in [0.25, 0.3) is 10.9 Å². The maximum atomic E-state index is 10.2. The van der Waals surface area contributed by atoms with Crippen LogP contribution in [0.2, 0.25) is 0 Å². The van der Waals surface area contributed by atoms with Crippen molar-refractivity contribution in [2.24, 2.45) is 0 Å². The minimum atomic E-state index is -0.477. The summed E-state index contributed by atoms with van der Waals surface area (Å²) in [5, 5.41) is 14.9. The highest BCUT2D eigenvalue weighted by Gasteiger charge is 2.11. The summed E-state index contributed by atoms with van der Waals surface area (Å²) in [5.74, 6) is 0. The van der Waals surface area contributed by atoms with E-state index in [1.54, 1.807) is 0 Å². The highest BCUT2D eigenvalue weighted by Crippen LogP contribution is 2.24. The van der Waals surface area contributed by atoms with Gasteiger partial charge in [0.15, 0.2) is 0 Å². The van der Waals surface area contributed by atoms with Crippen molar-refractivity contribution in [3.8, 4) is 0 Å². The van der Waals surface area contributed by atoms with Crippen molar-refractivity contribution in [3.05, 3.63) is 71.9 Å². The second-order valence-electron chi connectivity index (χ2n) is 6.23. The van der Waals surface area contributed by atoms with Crippen LogP contribution in [0.15, 0.2) is 60.8 Å². The number of benzene rings is 2. The monoisotopic (exact) mass is 308 g/mol. The van der Waals surface area contributed by atoms with Gasteiger partial charge in [-0.25, -0.2) is 0 Å². The van der Waals surface area contributed by atoms with Crippen LogP contribution >= 0.6 is 0 Å². The third-order valence-electron chi connectivity index (χ3n) is 4.22. The van der Waals surface area contributed by atoms with E-state index in [1.807, 2.05) is 30.3 Å². The molecule has 1 atom stereocenters. The van der Waals surface area contributed by atoms with Crippen LogP contribution in [0.3, 0.4) is 0 Å². The fourth-order valence-electron chi connectivity index (χ4n) is 2.98. The molecule has 2 aromatic carbocycles. The first-order valence-corrected chi connectivity index (χ1v) is 8.19. The molecule has 0 fully saturated rings. The molecule has 23 heavy (non-hydrogen) atoms. The molecule has 120 valence electrons. The van der Waals surface area contributed by atoms with Crippen LogP contribution in [0.5, 0.6) is 0 Å². The summed E-state index contributed by atoms with van der Waals surface area (Å²) in [6.07, 6.45) is 1.74. The van der Waals surface area contributed by atoms with E-state index in [9.17, 15) is 5.11 Å². The number of aliphatic hydroxyl groups excluding tert-OH is 1. The highest BCUT2D eigenvalue weighted by atomic mass is 16.3. The standard InChI is InChI=1S/C20H24N2O/c1-15(2)22-14-17(18-10-6-7-11-19(18)22)12-21-13-20(23)16-8-4-3-5-9-16/h3-11,14-15,20-21,23H,12-13H2,1-2H3/t20-/m1/s1. The van der Waals surface area contributed by atoms with Gasteiger partial charge in [-0.2, -0.15) is 0 Å². The molecule has 2 N–H and O–H groups in total. The Hall–Kier alpha value is -2.10. The molecule has 3 nitrogen and oxygen atoms in total. The second-order valence-corrected chi connectivity index (χ2v) is 6.23. The quantitative estimate of drug-likeness (QED) is 0.721. The Kier molecular flexibility index (Phi) is 4.79. The first-order chi connectivity index (χ1) is 11.2. The molecule has 0 spiro atoms. The normalized spacial score (nSPS) is 12.9. The van der Waals surface area contributed by atoms with Crippen molar-refractivity contribution < 1.29 is 5.11 Å². The molecule has 0 radical (unpaired) electrons. The predicted octanol–water partition coefficient (Wildman–Crippen LogP) is 4.05. The molecular weight excluding hydrogens is 284 g/mol. The molecule has 0 unspecified atom stereocenters. The lowest BCUT2D eigenvalue weighted by molar-refractivity contribution is 0.174. The molecule has 3 rings (SSSR count). The fourth-order valence-corrected chi connectivity index (χ4v) is 2.98. The second kappa shape index (κ2) is 6.99. The molecule has 0 bridgehead atoms. The van der Waals surface area contributed by atoms with Gasteiger partial charge in [0, 0.05) is 36.2 Å². The van der Waals surface area contributed by atoms with Gasteiger partial charge < -0.3 is 15.0 Å². The molecule has 1 aromatic heterocycles. The lowest BCUT2D eigenvalue weighted by Gasteiger charge is -2.12. The largest absolute Gasteiger partial charge is 0.387 e. The van der Waals surface area contributed by atoms with E-state index < -0.39 is 6.10 Å². The number of hydrogen-bond donors (Lipinski definition) is 2. The van der Waals surface area contributed by atoms with Gasteiger partial charge in [0.05, 0.1) is 6.10 Å². The maximum absolute atomic E-state index is 10.2. The molecule has 0 aliphatic rings. The fraction of sp³-hybridized carbons (Fsp3) is 0.300. The first kappa shape index (κ1) is 15.8. The van der Waals surface area contributed by atoms with Gasteiger partial charge >= 0.3 is 0 Å². The molecule has 0 amide bonds. The number of nitrogens with one attached hydrogen (secondary N) is 1. The number of aliphatic hydroxyl groups is 1. The predicted molar refractivity (Wildman–Crippen MR) is 95.4 cm³/mol. The van der Waals surface area contributed by atoms with E-state index in [1.165, 1.54) is 16.5 Å². The molecule has 1 heterocycles. The Morgan fingerprint density at radius 3 is 2.43 bits per heavy atom. The Labute approximate surface area is 137 Å². The summed E-state index contributed by atoms with van der Waals surface area (Å²) in [7, 11) is 0. The summed E-state index contributed by atoms with van der Waals surface area (Å²) in [5.41, 5.74) is 3.49. The number of aromatic nitrogens is 1. The van der Waals surface area contributed by atoms with Crippen LogP contribution < -0.4 is 5.32 Å². The third kappa shape index (κ3) is 3.46. The van der Waals surface area contributed by atoms with Crippen LogP contribution in [-0.4, -0.2) is 16.2 Å². The zero-order chi connectivity index (χ0) is 16.2. The van der Waals surface area contributed by atoms with Crippen LogP contribution in [0, 0.1) is 0 Å². The molecule has 0 aliphatic carbocycles. The van der Waals surface area contributed by atoms with Crippen molar-refractivity contribution in [2.45, 2.75) is 32.5 Å². The van der Waals surface area contributed by atoms with Crippen molar-refractivity contribution >= 4 is 10.9 Å². The molecular formula is C20H24N2O. The number of rotatable bonds is 6. The molecule has 3 aromatic rings. The van der Waals surface area contributed by atoms with E-state index in [4.69, 9.17) is 0 Å². The Bertz CT molecular complexity index is 762. The van der Waals surface area contributed by atoms with Gasteiger partial charge in [-0.1, -0.05) is 48.5 Å². The zero-order valence-electron chi connectivity index (χ0n) is 13.7.